The maximum Gasteiger partial charge on any atom is 0.0945 e. The van der Waals surface area contributed by atoms with Gasteiger partial charge in [-0.15, -0.1) is 12.4 Å². The first-order valence-corrected chi connectivity index (χ1v) is 5.96. The second-order valence-corrected chi connectivity index (χ2v) is 4.07. The van der Waals surface area contributed by atoms with E-state index in [-0.39, 0.29) is 12.4 Å². The van der Waals surface area contributed by atoms with Crippen LogP contribution in [0, 0.1) is 0 Å². The van der Waals surface area contributed by atoms with Gasteiger partial charge in [-0.05, 0) is 18.6 Å². The molecule has 0 spiro atoms. The van der Waals surface area contributed by atoms with Crippen LogP contribution in [0.4, 0.5) is 0 Å². The summed E-state index contributed by atoms with van der Waals surface area (Å²) in [5, 5.41) is 0. The molecule has 0 atom stereocenters. The quantitative estimate of drug-likeness (QED) is 0.817. The van der Waals surface area contributed by atoms with Gasteiger partial charge in [0.25, 0.3) is 0 Å². The molecule has 0 aromatic heterocycles. The van der Waals surface area contributed by atoms with E-state index in [1.165, 1.54) is 5.56 Å². The molecule has 1 heterocycles. The molecule has 0 unspecified atom stereocenters. The Morgan fingerprint density at radius 2 is 2.00 bits per heavy atom. The summed E-state index contributed by atoms with van der Waals surface area (Å²) in [6.07, 6.45) is 3.25. The first kappa shape index (κ1) is 14.1. The fourth-order valence-corrected chi connectivity index (χ4v) is 1.99. The minimum Gasteiger partial charge on any atom is -0.498 e. The molecule has 2 rings (SSSR count). The molecule has 0 saturated heterocycles. The number of rotatable bonds is 4. The van der Waals surface area contributed by atoms with Crippen molar-refractivity contribution in [2.75, 3.05) is 19.7 Å². The number of hydrogen-bond acceptors (Lipinski definition) is 2. The smallest absolute Gasteiger partial charge is 0.0945 e. The predicted octanol–water partition coefficient (Wildman–Crippen LogP) is 3.23. The van der Waals surface area contributed by atoms with Gasteiger partial charge in [-0.1, -0.05) is 30.3 Å². The second kappa shape index (κ2) is 7.36. The van der Waals surface area contributed by atoms with E-state index in [1.807, 2.05) is 6.92 Å². The minimum absolute atomic E-state index is 0. The van der Waals surface area contributed by atoms with E-state index in [0.29, 0.717) is 0 Å². The number of ether oxygens (including phenoxy) is 1. The van der Waals surface area contributed by atoms with Gasteiger partial charge in [0.1, 0.15) is 0 Å². The van der Waals surface area contributed by atoms with Crippen molar-refractivity contribution in [3.8, 4) is 0 Å². The monoisotopic (exact) mass is 253 g/mol. The molecule has 0 radical (unpaired) electrons. The van der Waals surface area contributed by atoms with Gasteiger partial charge in [-0.2, -0.15) is 0 Å². The van der Waals surface area contributed by atoms with Gasteiger partial charge in [0.05, 0.1) is 12.4 Å². The van der Waals surface area contributed by atoms with Crippen LogP contribution in [0.25, 0.3) is 0 Å². The largest absolute Gasteiger partial charge is 0.498 e. The summed E-state index contributed by atoms with van der Waals surface area (Å²) in [6, 6.07) is 10.6. The van der Waals surface area contributed by atoms with Crippen molar-refractivity contribution in [3.05, 3.63) is 47.7 Å². The average molecular weight is 254 g/mol. The van der Waals surface area contributed by atoms with Crippen LogP contribution in [0.5, 0.6) is 0 Å². The third-order valence-corrected chi connectivity index (χ3v) is 2.83. The average Bonchev–Trinajstić information content (AvgIpc) is 2.33. The van der Waals surface area contributed by atoms with Gasteiger partial charge >= 0.3 is 0 Å². The Morgan fingerprint density at radius 3 is 2.59 bits per heavy atom. The summed E-state index contributed by atoms with van der Waals surface area (Å²) in [5.74, 6) is 1.16. The maximum absolute atomic E-state index is 5.52. The molecule has 1 aromatic rings. The van der Waals surface area contributed by atoms with Crippen LogP contribution in [-0.2, 0) is 11.3 Å². The first-order valence-electron chi connectivity index (χ1n) is 5.96. The first-order chi connectivity index (χ1) is 7.88. The highest BCUT2D eigenvalue weighted by molar-refractivity contribution is 5.85. The summed E-state index contributed by atoms with van der Waals surface area (Å²) in [7, 11) is 0. The Morgan fingerprint density at radius 1 is 1.24 bits per heavy atom. The lowest BCUT2D eigenvalue weighted by molar-refractivity contribution is 0.181. The van der Waals surface area contributed by atoms with Crippen molar-refractivity contribution in [1.82, 2.24) is 4.90 Å². The molecule has 1 aliphatic rings. The zero-order chi connectivity index (χ0) is 11.2. The van der Waals surface area contributed by atoms with Gasteiger partial charge in [-0.25, -0.2) is 0 Å². The van der Waals surface area contributed by atoms with E-state index in [9.17, 15) is 0 Å². The zero-order valence-corrected chi connectivity index (χ0v) is 11.1. The van der Waals surface area contributed by atoms with E-state index >= 15 is 0 Å². The van der Waals surface area contributed by atoms with Gasteiger partial charge in [-0.3, -0.25) is 4.90 Å². The van der Waals surface area contributed by atoms with Gasteiger partial charge in [0, 0.05) is 26.1 Å². The van der Waals surface area contributed by atoms with Crippen molar-refractivity contribution < 1.29 is 4.74 Å². The third-order valence-electron chi connectivity index (χ3n) is 2.83. The third kappa shape index (κ3) is 4.41. The molecule has 0 N–H and O–H groups in total. The van der Waals surface area contributed by atoms with Crippen molar-refractivity contribution in [3.63, 3.8) is 0 Å². The number of hydrogen-bond donors (Lipinski definition) is 0. The molecule has 2 nitrogen and oxygen atoms in total. The fourth-order valence-electron chi connectivity index (χ4n) is 1.99. The molecule has 1 aromatic carbocycles. The highest BCUT2D eigenvalue weighted by Crippen LogP contribution is 2.14. The maximum atomic E-state index is 5.52. The van der Waals surface area contributed by atoms with Crippen LogP contribution in [0.2, 0.25) is 0 Å². The highest BCUT2D eigenvalue weighted by Gasteiger charge is 2.12. The normalized spacial score (nSPS) is 15.9. The Kier molecular flexibility index (Phi) is 6.09. The van der Waals surface area contributed by atoms with Crippen LogP contribution in [-0.4, -0.2) is 24.6 Å². The summed E-state index contributed by atoms with van der Waals surface area (Å²) in [4.78, 5) is 2.44. The second-order valence-electron chi connectivity index (χ2n) is 4.07. The molecule has 94 valence electrons. The van der Waals surface area contributed by atoms with Crippen LogP contribution in [0.3, 0.4) is 0 Å². The molecule has 3 heteroatoms. The number of nitrogens with zero attached hydrogens (tertiary/aromatic N) is 1. The number of benzene rings is 1. The standard InChI is InChI=1S/C14H19NO.ClH/c1-2-16-14-8-10-15(11-9-14)12-13-6-4-3-5-7-13;/h3-8H,2,9-12H2,1H3;1H. The lowest BCUT2D eigenvalue weighted by Gasteiger charge is -2.26. The number of halogens is 1. The zero-order valence-electron chi connectivity index (χ0n) is 10.3. The van der Waals surface area contributed by atoms with Crippen molar-refractivity contribution in [2.24, 2.45) is 0 Å². The molecule has 0 amide bonds. The van der Waals surface area contributed by atoms with Crippen LogP contribution >= 0.6 is 12.4 Å². The van der Waals surface area contributed by atoms with Crippen LogP contribution < -0.4 is 0 Å². The van der Waals surface area contributed by atoms with E-state index < -0.39 is 0 Å². The van der Waals surface area contributed by atoms with Crippen LogP contribution in [0.15, 0.2) is 42.2 Å². The molecule has 0 saturated carbocycles. The van der Waals surface area contributed by atoms with Crippen molar-refractivity contribution >= 4 is 12.4 Å². The van der Waals surface area contributed by atoms with Crippen molar-refractivity contribution in [1.29, 1.82) is 0 Å². The van der Waals surface area contributed by atoms with E-state index in [1.54, 1.807) is 0 Å². The molecular weight excluding hydrogens is 234 g/mol. The van der Waals surface area contributed by atoms with E-state index in [0.717, 1.165) is 38.4 Å². The van der Waals surface area contributed by atoms with Crippen LogP contribution in [0.1, 0.15) is 18.9 Å². The molecule has 0 fully saturated rings. The SMILES string of the molecule is CCOC1=CCN(Cc2ccccc2)CC1.Cl. The molecular formula is C14H20ClNO. The molecule has 17 heavy (non-hydrogen) atoms. The lowest BCUT2D eigenvalue weighted by Crippen LogP contribution is -2.28. The van der Waals surface area contributed by atoms with E-state index in [4.69, 9.17) is 4.74 Å². The minimum atomic E-state index is 0. The fraction of sp³-hybridized carbons (Fsp3) is 0.429. The van der Waals surface area contributed by atoms with E-state index in [2.05, 4.69) is 41.3 Å². The Hall–Kier alpha value is -0.990. The summed E-state index contributed by atoms with van der Waals surface area (Å²) in [6.45, 7) is 5.96. The van der Waals surface area contributed by atoms with Gasteiger partial charge in [0.2, 0.25) is 0 Å². The Balaban J connectivity index is 0.00000144. The van der Waals surface area contributed by atoms with Gasteiger partial charge < -0.3 is 4.74 Å². The Labute approximate surface area is 110 Å². The summed E-state index contributed by atoms with van der Waals surface area (Å²) < 4.78 is 5.52. The lowest BCUT2D eigenvalue weighted by atomic mass is 10.1. The van der Waals surface area contributed by atoms with Crippen molar-refractivity contribution in [2.45, 2.75) is 19.9 Å². The molecule has 1 aliphatic heterocycles. The summed E-state index contributed by atoms with van der Waals surface area (Å²) in [5.41, 5.74) is 1.38. The van der Waals surface area contributed by atoms with Gasteiger partial charge in [0.15, 0.2) is 0 Å². The molecule has 0 bridgehead atoms. The summed E-state index contributed by atoms with van der Waals surface area (Å²) >= 11 is 0. The topological polar surface area (TPSA) is 12.5 Å². The highest BCUT2D eigenvalue weighted by atomic mass is 35.5. The Bertz CT molecular complexity index is 350. The molecule has 0 aliphatic carbocycles. The predicted molar refractivity (Wildman–Crippen MR) is 73.3 cm³/mol.